The van der Waals surface area contributed by atoms with E-state index in [9.17, 15) is 4.79 Å². The summed E-state index contributed by atoms with van der Waals surface area (Å²) in [5, 5.41) is 4.57. The van der Waals surface area contributed by atoms with E-state index in [1.54, 1.807) is 4.57 Å². The molecule has 0 spiro atoms. The number of aryl methyl sites for hydroxylation is 1. The van der Waals surface area contributed by atoms with Gasteiger partial charge in [0.25, 0.3) is 5.56 Å². The zero-order chi connectivity index (χ0) is 13.4. The fourth-order valence-corrected chi connectivity index (χ4v) is 3.56. The van der Waals surface area contributed by atoms with Crippen molar-refractivity contribution < 1.29 is 0 Å². The van der Waals surface area contributed by atoms with E-state index in [1.165, 1.54) is 12.8 Å². The summed E-state index contributed by atoms with van der Waals surface area (Å²) >= 11 is 3.52. The van der Waals surface area contributed by atoms with Crippen LogP contribution in [-0.4, -0.2) is 17.2 Å². The van der Waals surface area contributed by atoms with Crippen molar-refractivity contribution in [2.24, 2.45) is 7.05 Å². The molecule has 0 saturated carbocycles. The van der Waals surface area contributed by atoms with Crippen LogP contribution in [0.3, 0.4) is 0 Å². The van der Waals surface area contributed by atoms with Gasteiger partial charge in [0.05, 0.1) is 5.52 Å². The first-order valence-electron chi connectivity index (χ1n) is 6.67. The normalized spacial score (nSPS) is 19.2. The second-order valence-corrected chi connectivity index (χ2v) is 6.06. The Balaban J connectivity index is 2.10. The average Bonchev–Trinajstić information content (AvgIpc) is 2.88. The molecule has 0 aliphatic carbocycles. The van der Waals surface area contributed by atoms with Gasteiger partial charge in [0.1, 0.15) is 0 Å². The van der Waals surface area contributed by atoms with Gasteiger partial charge in [-0.2, -0.15) is 0 Å². The lowest BCUT2D eigenvalue weighted by molar-refractivity contribution is 0.598. The van der Waals surface area contributed by atoms with Crippen LogP contribution >= 0.6 is 15.9 Å². The SMILES string of the molecule is Cn1c(=O)c(CC2CCCN2)cc2cccc(Br)c21. The standard InChI is InChI=1S/C15H17BrN2O/c1-18-14-10(4-2-6-13(14)16)8-11(15(18)19)9-12-5-3-7-17-12/h2,4,6,8,12,17H,3,5,7,9H2,1H3. The zero-order valence-corrected chi connectivity index (χ0v) is 12.5. The number of para-hydroxylation sites is 1. The molecule has 1 aromatic heterocycles. The molecule has 0 bridgehead atoms. The van der Waals surface area contributed by atoms with E-state index >= 15 is 0 Å². The lowest BCUT2D eigenvalue weighted by atomic mass is 10.0. The lowest BCUT2D eigenvalue weighted by Crippen LogP contribution is -2.29. The molecule has 1 fully saturated rings. The number of fused-ring (bicyclic) bond motifs is 1. The van der Waals surface area contributed by atoms with E-state index < -0.39 is 0 Å². The minimum absolute atomic E-state index is 0.119. The Morgan fingerprint density at radius 1 is 1.47 bits per heavy atom. The van der Waals surface area contributed by atoms with Crippen molar-refractivity contribution >= 4 is 26.8 Å². The summed E-state index contributed by atoms with van der Waals surface area (Å²) in [7, 11) is 1.85. The molecule has 2 heterocycles. The fourth-order valence-electron chi connectivity index (χ4n) is 2.91. The maximum absolute atomic E-state index is 12.4. The topological polar surface area (TPSA) is 34.0 Å². The van der Waals surface area contributed by atoms with E-state index in [0.717, 1.165) is 33.9 Å². The van der Waals surface area contributed by atoms with E-state index in [-0.39, 0.29) is 5.56 Å². The van der Waals surface area contributed by atoms with Gasteiger partial charge in [-0.15, -0.1) is 0 Å². The first-order valence-corrected chi connectivity index (χ1v) is 7.46. The third-order valence-corrected chi connectivity index (χ3v) is 4.53. The van der Waals surface area contributed by atoms with Crippen molar-refractivity contribution in [1.82, 2.24) is 9.88 Å². The van der Waals surface area contributed by atoms with Crippen LogP contribution in [-0.2, 0) is 13.5 Å². The van der Waals surface area contributed by atoms with E-state index in [2.05, 4.69) is 27.3 Å². The van der Waals surface area contributed by atoms with Gasteiger partial charge in [0.15, 0.2) is 0 Å². The average molecular weight is 321 g/mol. The van der Waals surface area contributed by atoms with Crippen molar-refractivity contribution in [3.63, 3.8) is 0 Å². The fraction of sp³-hybridized carbons (Fsp3) is 0.400. The Labute approximate surface area is 120 Å². The molecular weight excluding hydrogens is 304 g/mol. The second kappa shape index (κ2) is 5.10. The molecule has 3 nitrogen and oxygen atoms in total. The number of rotatable bonds is 2. The Morgan fingerprint density at radius 3 is 3.05 bits per heavy atom. The highest BCUT2D eigenvalue weighted by Gasteiger charge is 2.17. The van der Waals surface area contributed by atoms with E-state index in [1.807, 2.05) is 25.2 Å². The maximum atomic E-state index is 12.4. The monoisotopic (exact) mass is 320 g/mol. The third kappa shape index (κ3) is 2.35. The van der Waals surface area contributed by atoms with Crippen LogP contribution in [0.15, 0.2) is 33.5 Å². The first kappa shape index (κ1) is 12.9. The summed E-state index contributed by atoms with van der Waals surface area (Å²) in [5.74, 6) is 0. The van der Waals surface area contributed by atoms with Gasteiger partial charge in [-0.05, 0) is 59.3 Å². The number of hydrogen-bond acceptors (Lipinski definition) is 2. The molecule has 100 valence electrons. The van der Waals surface area contributed by atoms with Crippen LogP contribution in [0.1, 0.15) is 18.4 Å². The summed E-state index contributed by atoms with van der Waals surface area (Å²) in [4.78, 5) is 12.4. The smallest absolute Gasteiger partial charge is 0.254 e. The van der Waals surface area contributed by atoms with Crippen LogP contribution in [0.5, 0.6) is 0 Å². The van der Waals surface area contributed by atoms with Crippen LogP contribution in [0.2, 0.25) is 0 Å². The first-order chi connectivity index (χ1) is 9.16. The molecule has 4 heteroatoms. The highest BCUT2D eigenvalue weighted by molar-refractivity contribution is 9.10. The Hall–Kier alpha value is -1.13. The van der Waals surface area contributed by atoms with Crippen molar-refractivity contribution in [2.45, 2.75) is 25.3 Å². The molecule has 1 saturated heterocycles. The van der Waals surface area contributed by atoms with E-state index in [0.29, 0.717) is 6.04 Å². The molecule has 1 atom stereocenters. The third-order valence-electron chi connectivity index (χ3n) is 3.89. The molecule has 3 rings (SSSR count). The van der Waals surface area contributed by atoms with Gasteiger partial charge >= 0.3 is 0 Å². The van der Waals surface area contributed by atoms with Crippen LogP contribution in [0.25, 0.3) is 10.9 Å². The highest BCUT2D eigenvalue weighted by Crippen LogP contribution is 2.23. The zero-order valence-electron chi connectivity index (χ0n) is 10.9. The van der Waals surface area contributed by atoms with Gasteiger partial charge in [0.2, 0.25) is 0 Å². The highest BCUT2D eigenvalue weighted by atomic mass is 79.9. The van der Waals surface area contributed by atoms with Gasteiger partial charge < -0.3 is 9.88 Å². The molecule has 1 aliphatic rings. The largest absolute Gasteiger partial charge is 0.314 e. The minimum Gasteiger partial charge on any atom is -0.314 e. The Kier molecular flexibility index (Phi) is 3.46. The number of pyridine rings is 1. The van der Waals surface area contributed by atoms with Crippen LogP contribution in [0.4, 0.5) is 0 Å². The number of benzene rings is 1. The molecule has 1 unspecified atom stereocenters. The number of hydrogen-bond donors (Lipinski definition) is 1. The summed E-state index contributed by atoms with van der Waals surface area (Å²) in [6.45, 7) is 1.07. The summed E-state index contributed by atoms with van der Waals surface area (Å²) in [6, 6.07) is 8.54. The molecule has 0 radical (unpaired) electrons. The van der Waals surface area contributed by atoms with Crippen molar-refractivity contribution in [1.29, 1.82) is 0 Å². The molecule has 1 aromatic carbocycles. The predicted molar refractivity (Wildman–Crippen MR) is 81.6 cm³/mol. The maximum Gasteiger partial charge on any atom is 0.254 e. The minimum atomic E-state index is 0.119. The molecule has 1 N–H and O–H groups in total. The van der Waals surface area contributed by atoms with Gasteiger partial charge in [-0.1, -0.05) is 12.1 Å². The predicted octanol–water partition coefficient (Wildman–Crippen LogP) is 2.60. The van der Waals surface area contributed by atoms with Crippen molar-refractivity contribution in [2.75, 3.05) is 6.54 Å². The number of nitrogens with zero attached hydrogens (tertiary/aromatic N) is 1. The summed E-state index contributed by atoms with van der Waals surface area (Å²) in [5.41, 5.74) is 2.00. The number of aromatic nitrogens is 1. The lowest BCUT2D eigenvalue weighted by Gasteiger charge is -2.13. The molecule has 2 aromatic rings. The van der Waals surface area contributed by atoms with Crippen molar-refractivity contribution in [3.05, 3.63) is 44.7 Å². The molecule has 1 aliphatic heterocycles. The quantitative estimate of drug-likeness (QED) is 0.922. The Bertz CT molecular complexity index is 672. The number of nitrogens with one attached hydrogen (secondary N) is 1. The van der Waals surface area contributed by atoms with Gasteiger partial charge in [-0.25, -0.2) is 0 Å². The van der Waals surface area contributed by atoms with Gasteiger partial charge in [0, 0.05) is 23.1 Å². The molecule has 19 heavy (non-hydrogen) atoms. The van der Waals surface area contributed by atoms with Crippen LogP contribution < -0.4 is 10.9 Å². The van der Waals surface area contributed by atoms with Gasteiger partial charge in [-0.3, -0.25) is 4.79 Å². The van der Waals surface area contributed by atoms with Crippen molar-refractivity contribution in [3.8, 4) is 0 Å². The van der Waals surface area contributed by atoms with E-state index in [4.69, 9.17) is 0 Å². The summed E-state index contributed by atoms with van der Waals surface area (Å²) in [6.07, 6.45) is 3.21. The van der Waals surface area contributed by atoms with Crippen LogP contribution in [0, 0.1) is 0 Å². The second-order valence-electron chi connectivity index (χ2n) is 5.21. The molecule has 0 amide bonds. The Morgan fingerprint density at radius 2 is 2.32 bits per heavy atom. The summed E-state index contributed by atoms with van der Waals surface area (Å²) < 4.78 is 2.72. The number of halogens is 1. The molecular formula is C15H17BrN2O.